The van der Waals surface area contributed by atoms with Gasteiger partial charge in [0.25, 0.3) is 0 Å². The molecule has 0 unspecified atom stereocenters. The van der Waals surface area contributed by atoms with E-state index in [9.17, 15) is 4.79 Å². The number of nitrogens with zero attached hydrogens (tertiary/aromatic N) is 3. The molecule has 1 amide bonds. The van der Waals surface area contributed by atoms with Crippen molar-refractivity contribution in [2.24, 2.45) is 0 Å². The highest BCUT2D eigenvalue weighted by atomic mass is 16.2. The third-order valence-corrected chi connectivity index (χ3v) is 4.07. The number of hydrogen-bond acceptors (Lipinski definition) is 5. The van der Waals surface area contributed by atoms with E-state index in [1.807, 2.05) is 48.4 Å². The molecule has 2 heterocycles. The van der Waals surface area contributed by atoms with Crippen molar-refractivity contribution >= 4 is 23.4 Å². The Morgan fingerprint density at radius 2 is 2.08 bits per heavy atom. The predicted octanol–water partition coefficient (Wildman–Crippen LogP) is 2.95. The van der Waals surface area contributed by atoms with Crippen molar-refractivity contribution in [2.75, 3.05) is 30.3 Å². The summed E-state index contributed by atoms with van der Waals surface area (Å²) in [7, 11) is 0. The molecule has 6 nitrogen and oxygen atoms in total. The Morgan fingerprint density at radius 3 is 2.83 bits per heavy atom. The lowest BCUT2D eigenvalue weighted by molar-refractivity contribution is -0.127. The fraction of sp³-hybridized carbons (Fsp3) is 0.389. The van der Waals surface area contributed by atoms with Gasteiger partial charge >= 0.3 is 0 Å². The van der Waals surface area contributed by atoms with Gasteiger partial charge in [-0.25, -0.2) is 4.98 Å². The summed E-state index contributed by atoms with van der Waals surface area (Å²) in [6.45, 7) is 4.48. The SMILES string of the molecule is Cc1cnc(Nc2ccccc2)nc1NCCCN1CCCC1=O. The number of benzene rings is 1. The Kier molecular flexibility index (Phi) is 5.25. The molecule has 1 aromatic heterocycles. The van der Waals surface area contributed by atoms with E-state index in [0.717, 1.165) is 49.5 Å². The molecular weight excluding hydrogens is 302 g/mol. The number of aryl methyl sites for hydroxylation is 1. The first-order chi connectivity index (χ1) is 11.7. The number of carbonyl (C=O) groups is 1. The van der Waals surface area contributed by atoms with Crippen molar-refractivity contribution in [3.05, 3.63) is 42.1 Å². The van der Waals surface area contributed by atoms with Crippen molar-refractivity contribution < 1.29 is 4.79 Å². The van der Waals surface area contributed by atoms with E-state index in [0.29, 0.717) is 12.4 Å². The molecule has 1 aromatic carbocycles. The molecule has 0 spiro atoms. The average Bonchev–Trinajstić information content (AvgIpc) is 3.00. The quantitative estimate of drug-likeness (QED) is 0.766. The van der Waals surface area contributed by atoms with Crippen LogP contribution in [0.15, 0.2) is 36.5 Å². The lowest BCUT2D eigenvalue weighted by Crippen LogP contribution is -2.27. The summed E-state index contributed by atoms with van der Waals surface area (Å²) in [5.74, 6) is 1.68. The fourth-order valence-electron chi connectivity index (χ4n) is 2.75. The predicted molar refractivity (Wildman–Crippen MR) is 95.4 cm³/mol. The van der Waals surface area contributed by atoms with Gasteiger partial charge in [0, 0.05) is 43.5 Å². The molecule has 1 saturated heterocycles. The van der Waals surface area contributed by atoms with Crippen LogP contribution >= 0.6 is 0 Å². The number of likely N-dealkylation sites (tertiary alicyclic amines) is 1. The molecule has 0 bridgehead atoms. The Balaban J connectivity index is 1.53. The van der Waals surface area contributed by atoms with Gasteiger partial charge in [0.15, 0.2) is 0 Å². The third-order valence-electron chi connectivity index (χ3n) is 4.07. The molecule has 6 heteroatoms. The summed E-state index contributed by atoms with van der Waals surface area (Å²) >= 11 is 0. The minimum absolute atomic E-state index is 0.280. The zero-order valence-electron chi connectivity index (χ0n) is 14.0. The normalized spacial score (nSPS) is 14.0. The molecule has 126 valence electrons. The maximum atomic E-state index is 11.6. The topological polar surface area (TPSA) is 70.2 Å². The second-order valence-electron chi connectivity index (χ2n) is 5.98. The van der Waals surface area contributed by atoms with E-state index in [1.165, 1.54) is 0 Å². The Bertz CT molecular complexity index is 689. The maximum Gasteiger partial charge on any atom is 0.229 e. The Labute approximate surface area is 142 Å². The number of para-hydroxylation sites is 1. The molecule has 24 heavy (non-hydrogen) atoms. The zero-order chi connectivity index (χ0) is 16.8. The van der Waals surface area contributed by atoms with Gasteiger partial charge in [-0.1, -0.05) is 18.2 Å². The van der Waals surface area contributed by atoms with E-state index < -0.39 is 0 Å². The van der Waals surface area contributed by atoms with Gasteiger partial charge in [-0.05, 0) is 31.9 Å². The van der Waals surface area contributed by atoms with Gasteiger partial charge < -0.3 is 15.5 Å². The smallest absolute Gasteiger partial charge is 0.229 e. The van der Waals surface area contributed by atoms with Crippen LogP contribution in [0.3, 0.4) is 0 Å². The highest BCUT2D eigenvalue weighted by molar-refractivity contribution is 5.78. The molecular formula is C18H23N5O. The van der Waals surface area contributed by atoms with Gasteiger partial charge in [0.2, 0.25) is 11.9 Å². The van der Waals surface area contributed by atoms with Crippen molar-refractivity contribution in [2.45, 2.75) is 26.2 Å². The van der Waals surface area contributed by atoms with Gasteiger partial charge in [-0.3, -0.25) is 4.79 Å². The average molecular weight is 325 g/mol. The van der Waals surface area contributed by atoms with Crippen molar-refractivity contribution in [1.29, 1.82) is 0 Å². The van der Waals surface area contributed by atoms with Crippen LogP contribution in [-0.2, 0) is 4.79 Å². The third kappa shape index (κ3) is 4.22. The maximum absolute atomic E-state index is 11.6. The second kappa shape index (κ2) is 7.77. The molecule has 1 fully saturated rings. The second-order valence-corrected chi connectivity index (χ2v) is 5.98. The largest absolute Gasteiger partial charge is 0.370 e. The molecule has 2 N–H and O–H groups in total. The number of nitrogens with one attached hydrogen (secondary N) is 2. The van der Waals surface area contributed by atoms with Gasteiger partial charge in [-0.15, -0.1) is 0 Å². The number of rotatable bonds is 7. The summed E-state index contributed by atoms with van der Waals surface area (Å²) in [4.78, 5) is 22.4. The van der Waals surface area contributed by atoms with E-state index in [2.05, 4.69) is 20.6 Å². The molecule has 0 aliphatic carbocycles. The molecule has 1 aliphatic heterocycles. The van der Waals surface area contributed by atoms with Crippen LogP contribution in [0.4, 0.5) is 17.5 Å². The van der Waals surface area contributed by atoms with Gasteiger partial charge in [0.1, 0.15) is 5.82 Å². The molecule has 1 aliphatic rings. The van der Waals surface area contributed by atoms with Crippen molar-refractivity contribution in [3.63, 3.8) is 0 Å². The van der Waals surface area contributed by atoms with Crippen LogP contribution < -0.4 is 10.6 Å². The lowest BCUT2D eigenvalue weighted by Gasteiger charge is -2.16. The summed E-state index contributed by atoms with van der Waals surface area (Å²) < 4.78 is 0. The zero-order valence-corrected chi connectivity index (χ0v) is 14.0. The summed E-state index contributed by atoms with van der Waals surface area (Å²) in [5.41, 5.74) is 1.96. The minimum atomic E-state index is 0.280. The van der Waals surface area contributed by atoms with E-state index >= 15 is 0 Å². The molecule has 0 saturated carbocycles. The van der Waals surface area contributed by atoms with Crippen molar-refractivity contribution in [3.8, 4) is 0 Å². The lowest BCUT2D eigenvalue weighted by atomic mass is 10.3. The number of amides is 1. The number of aromatic nitrogens is 2. The van der Waals surface area contributed by atoms with Crippen LogP contribution in [0.25, 0.3) is 0 Å². The van der Waals surface area contributed by atoms with Gasteiger partial charge in [0.05, 0.1) is 0 Å². The molecule has 3 rings (SSSR count). The van der Waals surface area contributed by atoms with Crippen molar-refractivity contribution in [1.82, 2.24) is 14.9 Å². The summed E-state index contributed by atoms with van der Waals surface area (Å²) in [5, 5.41) is 6.55. The summed E-state index contributed by atoms with van der Waals surface area (Å²) in [6, 6.07) is 9.86. The van der Waals surface area contributed by atoms with Crippen LogP contribution in [0.1, 0.15) is 24.8 Å². The first-order valence-corrected chi connectivity index (χ1v) is 8.40. The standard InChI is InChI=1S/C18H23N5O/c1-14-13-20-18(21-15-7-3-2-4-8-15)22-17(14)19-10-6-12-23-11-5-9-16(23)24/h2-4,7-8,13H,5-6,9-12H2,1H3,(H2,19,20,21,22). The minimum Gasteiger partial charge on any atom is -0.370 e. The van der Waals surface area contributed by atoms with E-state index in [-0.39, 0.29) is 5.91 Å². The highest BCUT2D eigenvalue weighted by Crippen LogP contribution is 2.17. The first-order valence-electron chi connectivity index (χ1n) is 8.40. The molecule has 2 aromatic rings. The molecule has 0 atom stereocenters. The van der Waals surface area contributed by atoms with Crippen LogP contribution in [0, 0.1) is 6.92 Å². The number of hydrogen-bond donors (Lipinski definition) is 2. The number of anilines is 3. The number of carbonyl (C=O) groups excluding carboxylic acids is 1. The van der Waals surface area contributed by atoms with Gasteiger partial charge in [-0.2, -0.15) is 4.98 Å². The van der Waals surface area contributed by atoms with E-state index in [1.54, 1.807) is 0 Å². The Hall–Kier alpha value is -2.63. The molecule has 0 radical (unpaired) electrons. The summed E-state index contributed by atoms with van der Waals surface area (Å²) in [6.07, 6.45) is 4.42. The van der Waals surface area contributed by atoms with Crippen LogP contribution in [0.2, 0.25) is 0 Å². The Morgan fingerprint density at radius 1 is 1.25 bits per heavy atom. The first kappa shape index (κ1) is 16.2. The fourth-order valence-corrected chi connectivity index (χ4v) is 2.75. The monoisotopic (exact) mass is 325 g/mol. The van der Waals surface area contributed by atoms with E-state index in [4.69, 9.17) is 0 Å². The van der Waals surface area contributed by atoms with Crippen LogP contribution in [-0.4, -0.2) is 40.4 Å². The van der Waals surface area contributed by atoms with Crippen LogP contribution in [0.5, 0.6) is 0 Å². The highest BCUT2D eigenvalue weighted by Gasteiger charge is 2.18.